The maximum Gasteiger partial charge on any atom is 0.118 e. The summed E-state index contributed by atoms with van der Waals surface area (Å²) in [4.78, 5) is 0. The number of hydrogen-bond acceptors (Lipinski definition) is 4. The summed E-state index contributed by atoms with van der Waals surface area (Å²) in [6, 6.07) is 7.98. The van der Waals surface area contributed by atoms with Crippen molar-refractivity contribution in [3.63, 3.8) is 0 Å². The van der Waals surface area contributed by atoms with Crippen molar-refractivity contribution in [3.05, 3.63) is 51.7 Å². The Bertz CT molecular complexity index is 478. The maximum atomic E-state index is 5.66. The zero-order chi connectivity index (χ0) is 12.3. The van der Waals surface area contributed by atoms with Gasteiger partial charge in [-0.25, -0.2) is 5.43 Å². The fraction of sp³-hybridized carbons (Fsp3) is 0.231. The predicted molar refractivity (Wildman–Crippen MR) is 71.2 cm³/mol. The van der Waals surface area contributed by atoms with E-state index in [0.717, 1.165) is 11.3 Å². The van der Waals surface area contributed by atoms with Crippen LogP contribution in [-0.4, -0.2) is 7.11 Å². The minimum Gasteiger partial charge on any atom is -0.497 e. The van der Waals surface area contributed by atoms with E-state index in [0.29, 0.717) is 0 Å². The minimum atomic E-state index is 0.0344. The Labute approximate surface area is 105 Å². The van der Waals surface area contributed by atoms with Crippen LogP contribution in [0.2, 0.25) is 0 Å². The van der Waals surface area contributed by atoms with Crippen LogP contribution in [0.3, 0.4) is 0 Å². The van der Waals surface area contributed by atoms with Crippen molar-refractivity contribution in [2.45, 2.75) is 13.0 Å². The van der Waals surface area contributed by atoms with Crippen LogP contribution < -0.4 is 16.0 Å². The molecular weight excluding hydrogens is 232 g/mol. The van der Waals surface area contributed by atoms with E-state index >= 15 is 0 Å². The molecule has 4 heteroatoms. The van der Waals surface area contributed by atoms with Gasteiger partial charge in [0.1, 0.15) is 5.75 Å². The molecule has 0 radical (unpaired) electrons. The summed E-state index contributed by atoms with van der Waals surface area (Å²) in [6.07, 6.45) is 0. The first-order valence-corrected chi connectivity index (χ1v) is 6.33. The third-order valence-corrected chi connectivity index (χ3v) is 3.70. The van der Waals surface area contributed by atoms with Gasteiger partial charge in [0, 0.05) is 0 Å². The monoisotopic (exact) mass is 248 g/mol. The lowest BCUT2D eigenvalue weighted by atomic mass is 9.99. The highest BCUT2D eigenvalue weighted by Crippen LogP contribution is 2.27. The first-order valence-electron chi connectivity index (χ1n) is 5.39. The fourth-order valence-corrected chi connectivity index (χ4v) is 2.70. The molecule has 17 heavy (non-hydrogen) atoms. The zero-order valence-electron chi connectivity index (χ0n) is 9.94. The van der Waals surface area contributed by atoms with Crippen LogP contribution in [0.4, 0.5) is 0 Å². The van der Waals surface area contributed by atoms with Crippen molar-refractivity contribution < 1.29 is 4.74 Å². The van der Waals surface area contributed by atoms with E-state index in [1.54, 1.807) is 18.4 Å². The molecule has 0 saturated heterocycles. The Hall–Kier alpha value is -1.36. The molecule has 0 fully saturated rings. The van der Waals surface area contributed by atoms with E-state index in [1.807, 2.05) is 24.3 Å². The summed E-state index contributed by atoms with van der Waals surface area (Å²) < 4.78 is 5.15. The summed E-state index contributed by atoms with van der Waals surface area (Å²) in [5.74, 6) is 6.51. The standard InChI is InChI=1S/C13H16N2OS/c1-9-7-17-8-12(9)13(15-14)10-3-5-11(16-2)6-4-10/h3-8,13,15H,14H2,1-2H3. The number of ether oxygens (including phenoxy) is 1. The Morgan fingerprint density at radius 3 is 2.41 bits per heavy atom. The largest absolute Gasteiger partial charge is 0.497 e. The van der Waals surface area contributed by atoms with E-state index in [9.17, 15) is 0 Å². The van der Waals surface area contributed by atoms with E-state index < -0.39 is 0 Å². The first kappa shape index (κ1) is 12.1. The zero-order valence-corrected chi connectivity index (χ0v) is 10.8. The Kier molecular flexibility index (Phi) is 3.78. The summed E-state index contributed by atoms with van der Waals surface area (Å²) in [5.41, 5.74) is 6.48. The SMILES string of the molecule is COc1ccc(C(NN)c2cscc2C)cc1. The number of aryl methyl sites for hydroxylation is 1. The van der Waals surface area contributed by atoms with Crippen LogP contribution in [0.15, 0.2) is 35.0 Å². The second kappa shape index (κ2) is 5.31. The number of rotatable bonds is 4. The van der Waals surface area contributed by atoms with Crippen LogP contribution >= 0.6 is 11.3 Å². The maximum absolute atomic E-state index is 5.66. The molecule has 0 aliphatic carbocycles. The predicted octanol–water partition coefficient (Wildman–Crippen LogP) is 2.62. The summed E-state index contributed by atoms with van der Waals surface area (Å²) in [6.45, 7) is 2.10. The van der Waals surface area contributed by atoms with Gasteiger partial charge < -0.3 is 4.74 Å². The van der Waals surface area contributed by atoms with Gasteiger partial charge in [-0.15, -0.1) is 0 Å². The van der Waals surface area contributed by atoms with Crippen molar-refractivity contribution in [2.24, 2.45) is 5.84 Å². The summed E-state index contributed by atoms with van der Waals surface area (Å²) >= 11 is 1.69. The molecule has 1 aromatic heterocycles. The molecule has 3 nitrogen and oxygen atoms in total. The molecule has 1 unspecified atom stereocenters. The number of benzene rings is 1. The normalized spacial score (nSPS) is 12.4. The van der Waals surface area contributed by atoms with Crippen LogP contribution in [-0.2, 0) is 0 Å². The number of nitrogens with one attached hydrogen (secondary N) is 1. The molecule has 2 rings (SSSR count). The van der Waals surface area contributed by atoms with Crippen molar-refractivity contribution >= 4 is 11.3 Å². The summed E-state index contributed by atoms with van der Waals surface area (Å²) in [7, 11) is 1.66. The number of hydrogen-bond donors (Lipinski definition) is 2. The van der Waals surface area contributed by atoms with Crippen molar-refractivity contribution in [2.75, 3.05) is 7.11 Å². The van der Waals surface area contributed by atoms with Gasteiger partial charge in [0.2, 0.25) is 0 Å². The number of hydrazine groups is 1. The Morgan fingerprint density at radius 1 is 1.24 bits per heavy atom. The molecule has 0 aliphatic heterocycles. The highest BCUT2D eigenvalue weighted by Gasteiger charge is 2.15. The van der Waals surface area contributed by atoms with Gasteiger partial charge in [-0.3, -0.25) is 5.84 Å². The molecule has 0 bridgehead atoms. The minimum absolute atomic E-state index is 0.0344. The van der Waals surface area contributed by atoms with Gasteiger partial charge >= 0.3 is 0 Å². The first-order chi connectivity index (χ1) is 8.26. The van der Waals surface area contributed by atoms with E-state index in [1.165, 1.54) is 11.1 Å². The van der Waals surface area contributed by atoms with Crippen molar-refractivity contribution in [1.29, 1.82) is 0 Å². The van der Waals surface area contributed by atoms with Crippen LogP contribution in [0, 0.1) is 6.92 Å². The Balaban J connectivity index is 2.32. The topological polar surface area (TPSA) is 47.3 Å². The number of methoxy groups -OCH3 is 1. The molecule has 1 aromatic carbocycles. The Morgan fingerprint density at radius 2 is 1.94 bits per heavy atom. The van der Waals surface area contributed by atoms with Crippen molar-refractivity contribution in [3.8, 4) is 5.75 Å². The second-order valence-corrected chi connectivity index (χ2v) is 4.63. The molecule has 3 N–H and O–H groups in total. The van der Waals surface area contributed by atoms with Gasteiger partial charge in [-0.2, -0.15) is 11.3 Å². The highest BCUT2D eigenvalue weighted by atomic mass is 32.1. The molecule has 0 spiro atoms. The van der Waals surface area contributed by atoms with Crippen LogP contribution in [0.5, 0.6) is 5.75 Å². The quantitative estimate of drug-likeness (QED) is 0.646. The van der Waals surface area contributed by atoms with Crippen LogP contribution in [0.25, 0.3) is 0 Å². The van der Waals surface area contributed by atoms with Gasteiger partial charge in [-0.1, -0.05) is 12.1 Å². The lowest BCUT2D eigenvalue weighted by molar-refractivity contribution is 0.414. The smallest absolute Gasteiger partial charge is 0.118 e. The molecule has 90 valence electrons. The van der Waals surface area contributed by atoms with E-state index in [4.69, 9.17) is 10.6 Å². The van der Waals surface area contributed by atoms with E-state index in [2.05, 4.69) is 23.1 Å². The van der Waals surface area contributed by atoms with Crippen LogP contribution in [0.1, 0.15) is 22.7 Å². The highest BCUT2D eigenvalue weighted by molar-refractivity contribution is 7.08. The molecule has 0 amide bonds. The average molecular weight is 248 g/mol. The molecule has 2 aromatic rings. The molecule has 1 heterocycles. The van der Waals surface area contributed by atoms with Gasteiger partial charge in [0.05, 0.1) is 13.2 Å². The lowest BCUT2D eigenvalue weighted by Crippen LogP contribution is -2.28. The molecule has 0 saturated carbocycles. The third-order valence-electron chi connectivity index (χ3n) is 2.82. The lowest BCUT2D eigenvalue weighted by Gasteiger charge is -2.16. The summed E-state index contributed by atoms with van der Waals surface area (Å²) in [5, 5.41) is 4.26. The third kappa shape index (κ3) is 2.49. The van der Waals surface area contributed by atoms with Gasteiger partial charge in [0.15, 0.2) is 0 Å². The second-order valence-electron chi connectivity index (χ2n) is 3.88. The van der Waals surface area contributed by atoms with Gasteiger partial charge in [-0.05, 0) is 46.5 Å². The fourth-order valence-electron chi connectivity index (χ4n) is 1.83. The van der Waals surface area contributed by atoms with Crippen molar-refractivity contribution in [1.82, 2.24) is 5.43 Å². The van der Waals surface area contributed by atoms with Gasteiger partial charge in [0.25, 0.3) is 0 Å². The number of nitrogens with two attached hydrogens (primary N) is 1. The average Bonchev–Trinajstić information content (AvgIpc) is 2.78. The molecule has 0 aliphatic rings. The molecule has 1 atom stereocenters. The molecular formula is C13H16N2OS. The number of thiophene rings is 1. The van der Waals surface area contributed by atoms with E-state index in [-0.39, 0.29) is 6.04 Å².